The van der Waals surface area contributed by atoms with Crippen molar-refractivity contribution in [1.82, 2.24) is 0 Å². The number of carbonyl (C=O) groups is 2. The highest BCUT2D eigenvalue weighted by atomic mass is 35.5. The third-order valence-electron chi connectivity index (χ3n) is 1.62. The molecular formula is C10H8ClNO4. The lowest BCUT2D eigenvalue weighted by Gasteiger charge is -2.05. The monoisotopic (exact) mass is 241 g/mol. The maximum absolute atomic E-state index is 10.7. The lowest BCUT2D eigenvalue weighted by molar-refractivity contribution is -0.134. The molecule has 0 aliphatic heterocycles. The van der Waals surface area contributed by atoms with Gasteiger partial charge in [0.2, 0.25) is 0 Å². The van der Waals surface area contributed by atoms with Gasteiger partial charge < -0.3 is 15.5 Å². The SMILES string of the molecule is O=C(O)/C=C(/Nc1ccc(Cl)cc1)C(=O)O. The van der Waals surface area contributed by atoms with E-state index >= 15 is 0 Å². The molecule has 6 heteroatoms. The Morgan fingerprint density at radius 2 is 1.75 bits per heavy atom. The molecule has 0 saturated carbocycles. The van der Waals surface area contributed by atoms with Crippen LogP contribution >= 0.6 is 11.6 Å². The minimum Gasteiger partial charge on any atom is -0.478 e. The number of benzene rings is 1. The van der Waals surface area contributed by atoms with Crippen LogP contribution in [0, 0.1) is 0 Å². The normalized spacial score (nSPS) is 10.9. The summed E-state index contributed by atoms with van der Waals surface area (Å²) in [6.45, 7) is 0. The van der Waals surface area contributed by atoms with Crippen molar-refractivity contribution in [3.63, 3.8) is 0 Å². The van der Waals surface area contributed by atoms with Gasteiger partial charge in [-0.25, -0.2) is 9.59 Å². The van der Waals surface area contributed by atoms with Gasteiger partial charge >= 0.3 is 11.9 Å². The molecule has 0 radical (unpaired) electrons. The van der Waals surface area contributed by atoms with E-state index in [1.165, 1.54) is 0 Å². The summed E-state index contributed by atoms with van der Waals surface area (Å²) in [6, 6.07) is 6.20. The van der Waals surface area contributed by atoms with Gasteiger partial charge in [0.15, 0.2) is 0 Å². The van der Waals surface area contributed by atoms with Crippen LogP contribution in [0.5, 0.6) is 0 Å². The van der Waals surface area contributed by atoms with Gasteiger partial charge in [-0.15, -0.1) is 0 Å². The van der Waals surface area contributed by atoms with E-state index in [2.05, 4.69) is 5.32 Å². The van der Waals surface area contributed by atoms with Crippen molar-refractivity contribution in [2.45, 2.75) is 0 Å². The second-order valence-electron chi connectivity index (χ2n) is 2.83. The number of nitrogens with one attached hydrogen (secondary N) is 1. The van der Waals surface area contributed by atoms with Crippen molar-refractivity contribution < 1.29 is 19.8 Å². The maximum atomic E-state index is 10.7. The Balaban J connectivity index is 2.88. The van der Waals surface area contributed by atoms with Crippen molar-refractivity contribution in [3.05, 3.63) is 41.1 Å². The van der Waals surface area contributed by atoms with Crippen molar-refractivity contribution in [3.8, 4) is 0 Å². The molecule has 0 aliphatic carbocycles. The predicted octanol–water partition coefficient (Wildman–Crippen LogP) is 1.80. The summed E-state index contributed by atoms with van der Waals surface area (Å²) in [5.74, 6) is -2.68. The molecule has 0 atom stereocenters. The number of aliphatic carboxylic acids is 2. The zero-order valence-electron chi connectivity index (χ0n) is 7.98. The Hall–Kier alpha value is -2.01. The molecule has 0 amide bonds. The summed E-state index contributed by atoms with van der Waals surface area (Å²) >= 11 is 5.64. The van der Waals surface area contributed by atoms with E-state index in [-0.39, 0.29) is 0 Å². The average molecular weight is 242 g/mol. The van der Waals surface area contributed by atoms with Gasteiger partial charge in [-0.3, -0.25) is 0 Å². The van der Waals surface area contributed by atoms with Gasteiger partial charge in [0, 0.05) is 10.7 Å². The molecule has 3 N–H and O–H groups in total. The first kappa shape index (κ1) is 12.1. The van der Waals surface area contributed by atoms with Crippen molar-refractivity contribution in [2.24, 2.45) is 0 Å². The smallest absolute Gasteiger partial charge is 0.352 e. The molecule has 0 fully saturated rings. The first-order chi connectivity index (χ1) is 7.49. The third-order valence-corrected chi connectivity index (χ3v) is 1.87. The molecule has 0 bridgehead atoms. The maximum Gasteiger partial charge on any atom is 0.352 e. The van der Waals surface area contributed by atoms with Crippen LogP contribution in [-0.2, 0) is 9.59 Å². The van der Waals surface area contributed by atoms with Crippen LogP contribution in [0.15, 0.2) is 36.0 Å². The van der Waals surface area contributed by atoms with E-state index < -0.39 is 17.6 Å². The van der Waals surface area contributed by atoms with Crippen LogP contribution in [0.2, 0.25) is 5.02 Å². The quantitative estimate of drug-likeness (QED) is 0.700. The second kappa shape index (κ2) is 5.18. The molecule has 5 nitrogen and oxygen atoms in total. The second-order valence-corrected chi connectivity index (χ2v) is 3.27. The number of hydrogen-bond acceptors (Lipinski definition) is 3. The summed E-state index contributed by atoms with van der Waals surface area (Å²) in [4.78, 5) is 21.0. The predicted molar refractivity (Wildman–Crippen MR) is 58.4 cm³/mol. The minimum atomic E-state index is -1.35. The number of anilines is 1. The van der Waals surface area contributed by atoms with Gasteiger partial charge in [0.05, 0.1) is 6.08 Å². The first-order valence-electron chi connectivity index (χ1n) is 4.19. The average Bonchev–Trinajstić information content (AvgIpc) is 2.19. The molecule has 0 saturated heterocycles. The van der Waals surface area contributed by atoms with E-state index in [1.54, 1.807) is 24.3 Å². The van der Waals surface area contributed by atoms with Crippen molar-refractivity contribution in [1.29, 1.82) is 0 Å². The fraction of sp³-hybridized carbons (Fsp3) is 0. The molecule has 1 aromatic carbocycles. The molecule has 0 heterocycles. The Kier molecular flexibility index (Phi) is 3.90. The lowest BCUT2D eigenvalue weighted by Crippen LogP contribution is -2.12. The van der Waals surface area contributed by atoms with E-state index in [0.717, 1.165) is 0 Å². The van der Waals surface area contributed by atoms with Crippen LogP contribution in [0.4, 0.5) is 5.69 Å². The Bertz CT molecular complexity index is 439. The molecule has 84 valence electrons. The van der Waals surface area contributed by atoms with Crippen LogP contribution in [-0.4, -0.2) is 22.2 Å². The molecule has 1 aromatic rings. The molecule has 1 rings (SSSR count). The highest BCUT2D eigenvalue weighted by Gasteiger charge is 2.09. The van der Waals surface area contributed by atoms with Gasteiger partial charge in [0.25, 0.3) is 0 Å². The van der Waals surface area contributed by atoms with E-state index in [4.69, 9.17) is 21.8 Å². The highest BCUT2D eigenvalue weighted by Crippen LogP contribution is 2.15. The summed E-state index contributed by atoms with van der Waals surface area (Å²) in [7, 11) is 0. The Morgan fingerprint density at radius 3 is 2.19 bits per heavy atom. The zero-order valence-corrected chi connectivity index (χ0v) is 8.73. The standard InChI is InChI=1S/C10H8ClNO4/c11-6-1-3-7(4-2-6)12-8(10(15)16)5-9(13)14/h1-5,12H,(H,13,14)(H,15,16)/b8-5+. The van der Waals surface area contributed by atoms with Crippen molar-refractivity contribution in [2.75, 3.05) is 5.32 Å². The number of carboxylic acid groups (broad SMARTS) is 2. The van der Waals surface area contributed by atoms with Crippen LogP contribution in [0.1, 0.15) is 0 Å². The Labute approximate surface area is 96.0 Å². The number of hydrogen-bond donors (Lipinski definition) is 3. The van der Waals surface area contributed by atoms with Gasteiger partial charge in [-0.2, -0.15) is 0 Å². The molecule has 16 heavy (non-hydrogen) atoms. The van der Waals surface area contributed by atoms with Crippen LogP contribution in [0.25, 0.3) is 0 Å². The van der Waals surface area contributed by atoms with E-state index in [9.17, 15) is 9.59 Å². The van der Waals surface area contributed by atoms with Crippen molar-refractivity contribution >= 4 is 29.2 Å². The molecule has 0 aromatic heterocycles. The fourth-order valence-corrected chi connectivity index (χ4v) is 1.09. The Morgan fingerprint density at radius 1 is 1.19 bits per heavy atom. The zero-order chi connectivity index (χ0) is 12.1. The van der Waals surface area contributed by atoms with Crippen LogP contribution in [0.3, 0.4) is 0 Å². The highest BCUT2D eigenvalue weighted by molar-refractivity contribution is 6.30. The first-order valence-corrected chi connectivity index (χ1v) is 4.57. The van der Waals surface area contributed by atoms with Crippen LogP contribution < -0.4 is 5.32 Å². The molecule has 0 aliphatic rings. The summed E-state index contributed by atoms with van der Waals surface area (Å²) in [5, 5.41) is 20.1. The van der Waals surface area contributed by atoms with E-state index in [1.807, 2.05) is 0 Å². The summed E-state index contributed by atoms with van der Waals surface area (Å²) < 4.78 is 0. The van der Waals surface area contributed by atoms with Gasteiger partial charge in [-0.1, -0.05) is 11.6 Å². The molecular weight excluding hydrogens is 234 g/mol. The number of halogens is 1. The summed E-state index contributed by atoms with van der Waals surface area (Å²) in [5.41, 5.74) is 0.0223. The largest absolute Gasteiger partial charge is 0.478 e. The van der Waals surface area contributed by atoms with Gasteiger partial charge in [0.1, 0.15) is 5.70 Å². The summed E-state index contributed by atoms with van der Waals surface area (Å²) in [6.07, 6.45) is 0.580. The minimum absolute atomic E-state index is 0.421. The number of carboxylic acids is 2. The lowest BCUT2D eigenvalue weighted by atomic mass is 10.3. The van der Waals surface area contributed by atoms with Gasteiger partial charge in [-0.05, 0) is 24.3 Å². The molecule has 0 spiro atoms. The third kappa shape index (κ3) is 3.62. The number of rotatable bonds is 4. The van der Waals surface area contributed by atoms with E-state index in [0.29, 0.717) is 16.8 Å². The molecule has 0 unspecified atom stereocenters. The fourth-order valence-electron chi connectivity index (χ4n) is 0.963. The topological polar surface area (TPSA) is 86.6 Å².